The lowest BCUT2D eigenvalue weighted by Gasteiger charge is -2.40. The van der Waals surface area contributed by atoms with Gasteiger partial charge in [0.2, 0.25) is 5.91 Å². The van der Waals surface area contributed by atoms with Gasteiger partial charge in [0.05, 0.1) is 18.7 Å². The Hall–Kier alpha value is -1.59. The quantitative estimate of drug-likeness (QED) is 0.761. The van der Waals surface area contributed by atoms with Gasteiger partial charge in [0.1, 0.15) is 0 Å². The first-order valence-corrected chi connectivity index (χ1v) is 6.88. The maximum Gasteiger partial charge on any atom is 0.251 e. The third-order valence-electron chi connectivity index (χ3n) is 3.53. The average molecular weight is 297 g/mol. The van der Waals surface area contributed by atoms with Crippen molar-refractivity contribution in [1.29, 1.82) is 0 Å². The van der Waals surface area contributed by atoms with Crippen LogP contribution >= 0.6 is 11.6 Å². The highest BCUT2D eigenvalue weighted by atomic mass is 35.5. The first-order chi connectivity index (χ1) is 9.54. The van der Waals surface area contributed by atoms with Crippen LogP contribution in [0.15, 0.2) is 24.3 Å². The molecule has 5 nitrogen and oxygen atoms in total. The van der Waals surface area contributed by atoms with Crippen molar-refractivity contribution in [3.63, 3.8) is 0 Å². The largest absolute Gasteiger partial charge is 0.394 e. The van der Waals surface area contributed by atoms with Crippen LogP contribution in [-0.4, -0.2) is 35.6 Å². The molecule has 1 aromatic carbocycles. The molecular formula is C14H17ClN2O3. The molecule has 6 heteroatoms. The minimum absolute atomic E-state index is 0.0656. The normalized spacial score (nSPS) is 16.1. The third-order valence-corrected chi connectivity index (χ3v) is 3.79. The minimum Gasteiger partial charge on any atom is -0.394 e. The fourth-order valence-electron chi connectivity index (χ4n) is 2.13. The van der Waals surface area contributed by atoms with Gasteiger partial charge in [-0.15, -0.1) is 0 Å². The highest BCUT2D eigenvalue weighted by Crippen LogP contribution is 2.30. The number of hydrogen-bond acceptors (Lipinski definition) is 3. The molecule has 0 aromatic heterocycles. The molecule has 0 atom stereocenters. The number of amides is 2. The Morgan fingerprint density at radius 2 is 1.90 bits per heavy atom. The van der Waals surface area contributed by atoms with E-state index in [1.165, 1.54) is 0 Å². The molecule has 3 N–H and O–H groups in total. The first kappa shape index (κ1) is 14.8. The number of carbonyl (C=O) groups excluding carboxylic acids is 2. The third kappa shape index (κ3) is 3.49. The summed E-state index contributed by atoms with van der Waals surface area (Å²) < 4.78 is 0. The zero-order chi connectivity index (χ0) is 14.6. The van der Waals surface area contributed by atoms with Crippen molar-refractivity contribution >= 4 is 23.4 Å². The van der Waals surface area contributed by atoms with E-state index >= 15 is 0 Å². The number of benzene rings is 1. The molecule has 0 heterocycles. The van der Waals surface area contributed by atoms with Crippen LogP contribution in [-0.2, 0) is 4.79 Å². The maximum absolute atomic E-state index is 11.8. The molecule has 108 valence electrons. The van der Waals surface area contributed by atoms with Crippen molar-refractivity contribution in [2.45, 2.75) is 24.8 Å². The van der Waals surface area contributed by atoms with Crippen LogP contribution in [0.4, 0.5) is 0 Å². The first-order valence-electron chi connectivity index (χ1n) is 6.50. The average Bonchev–Trinajstić information content (AvgIpc) is 2.41. The molecule has 0 aliphatic heterocycles. The summed E-state index contributed by atoms with van der Waals surface area (Å²) in [6, 6.07) is 6.42. The van der Waals surface area contributed by atoms with E-state index in [2.05, 4.69) is 10.6 Å². The van der Waals surface area contributed by atoms with Gasteiger partial charge in [0.15, 0.2) is 0 Å². The standard InChI is InChI=1S/C14H17ClN2O3/c15-11-4-2-10(3-5-11)13(20)16-8-12(19)17-14(9-18)6-1-7-14/h2-5,18H,1,6-9H2,(H,16,20)(H,17,19). The van der Waals surface area contributed by atoms with Crippen molar-refractivity contribution in [1.82, 2.24) is 10.6 Å². The van der Waals surface area contributed by atoms with E-state index in [-0.39, 0.29) is 25.0 Å². The van der Waals surface area contributed by atoms with Gasteiger partial charge in [-0.25, -0.2) is 0 Å². The molecule has 20 heavy (non-hydrogen) atoms. The predicted octanol–water partition coefficient (Wildman–Crippen LogP) is 1.10. The summed E-state index contributed by atoms with van der Waals surface area (Å²) in [6.45, 7) is -0.174. The second kappa shape index (κ2) is 6.24. The van der Waals surface area contributed by atoms with E-state index in [0.717, 1.165) is 19.3 Å². The van der Waals surface area contributed by atoms with Crippen molar-refractivity contribution in [2.75, 3.05) is 13.2 Å². The smallest absolute Gasteiger partial charge is 0.251 e. The molecule has 0 radical (unpaired) electrons. The number of hydrogen-bond donors (Lipinski definition) is 3. The molecule has 2 rings (SSSR count). The van der Waals surface area contributed by atoms with Crippen LogP contribution in [0.3, 0.4) is 0 Å². The Kier molecular flexibility index (Phi) is 4.62. The van der Waals surface area contributed by atoms with E-state index < -0.39 is 5.54 Å². The second-order valence-corrected chi connectivity index (χ2v) is 5.47. The molecule has 2 amide bonds. The van der Waals surface area contributed by atoms with Crippen molar-refractivity contribution in [2.24, 2.45) is 0 Å². The van der Waals surface area contributed by atoms with Crippen molar-refractivity contribution in [3.8, 4) is 0 Å². The molecule has 1 aliphatic rings. The number of carbonyl (C=O) groups is 2. The van der Waals surface area contributed by atoms with E-state index in [1.807, 2.05) is 0 Å². The van der Waals surface area contributed by atoms with E-state index in [9.17, 15) is 14.7 Å². The molecular weight excluding hydrogens is 280 g/mol. The van der Waals surface area contributed by atoms with Gasteiger partial charge in [-0.3, -0.25) is 9.59 Å². The van der Waals surface area contributed by atoms with Crippen LogP contribution in [0.2, 0.25) is 5.02 Å². The topological polar surface area (TPSA) is 78.4 Å². The molecule has 1 fully saturated rings. The monoisotopic (exact) mass is 296 g/mol. The highest BCUT2D eigenvalue weighted by molar-refractivity contribution is 6.30. The summed E-state index contributed by atoms with van der Waals surface area (Å²) in [4.78, 5) is 23.5. The molecule has 1 saturated carbocycles. The maximum atomic E-state index is 11.8. The Morgan fingerprint density at radius 3 is 2.40 bits per heavy atom. The predicted molar refractivity (Wildman–Crippen MR) is 75.6 cm³/mol. The van der Waals surface area contributed by atoms with Gasteiger partial charge in [-0.2, -0.15) is 0 Å². The summed E-state index contributed by atoms with van der Waals surface area (Å²) in [5.74, 6) is -0.621. The number of aliphatic hydroxyl groups excluding tert-OH is 1. The fraction of sp³-hybridized carbons (Fsp3) is 0.429. The summed E-state index contributed by atoms with van der Waals surface area (Å²) in [6.07, 6.45) is 2.55. The van der Waals surface area contributed by atoms with Crippen LogP contribution < -0.4 is 10.6 Å². The molecule has 0 spiro atoms. The zero-order valence-corrected chi connectivity index (χ0v) is 11.7. The Bertz CT molecular complexity index is 492. The van der Waals surface area contributed by atoms with Crippen LogP contribution in [0, 0.1) is 0 Å². The minimum atomic E-state index is -0.484. The number of nitrogens with one attached hydrogen (secondary N) is 2. The molecule has 1 aromatic rings. The fourth-order valence-corrected chi connectivity index (χ4v) is 2.26. The summed E-state index contributed by atoms with van der Waals surface area (Å²) in [7, 11) is 0. The number of rotatable bonds is 5. The van der Waals surface area contributed by atoms with Gasteiger partial charge in [0, 0.05) is 10.6 Å². The van der Waals surface area contributed by atoms with Crippen molar-refractivity contribution in [3.05, 3.63) is 34.9 Å². The van der Waals surface area contributed by atoms with Gasteiger partial charge < -0.3 is 15.7 Å². The van der Waals surface area contributed by atoms with Gasteiger partial charge in [-0.1, -0.05) is 11.6 Å². The summed E-state index contributed by atoms with van der Waals surface area (Å²) >= 11 is 5.74. The molecule has 1 aliphatic carbocycles. The lowest BCUT2D eigenvalue weighted by atomic mass is 9.77. The van der Waals surface area contributed by atoms with Gasteiger partial charge in [0.25, 0.3) is 5.91 Å². The molecule has 0 bridgehead atoms. The van der Waals surface area contributed by atoms with E-state index in [0.29, 0.717) is 10.6 Å². The van der Waals surface area contributed by atoms with E-state index in [4.69, 9.17) is 11.6 Å². The summed E-state index contributed by atoms with van der Waals surface area (Å²) in [5.41, 5.74) is -0.0371. The van der Waals surface area contributed by atoms with Crippen LogP contribution in [0.5, 0.6) is 0 Å². The van der Waals surface area contributed by atoms with E-state index in [1.54, 1.807) is 24.3 Å². The van der Waals surface area contributed by atoms with Gasteiger partial charge >= 0.3 is 0 Å². The van der Waals surface area contributed by atoms with Crippen molar-refractivity contribution < 1.29 is 14.7 Å². The number of aliphatic hydroxyl groups is 1. The number of halogens is 1. The van der Waals surface area contributed by atoms with Crippen LogP contribution in [0.1, 0.15) is 29.6 Å². The molecule has 0 saturated heterocycles. The highest BCUT2D eigenvalue weighted by Gasteiger charge is 2.37. The lowest BCUT2D eigenvalue weighted by Crippen LogP contribution is -2.57. The lowest BCUT2D eigenvalue weighted by molar-refractivity contribution is -0.124. The molecule has 0 unspecified atom stereocenters. The zero-order valence-electron chi connectivity index (χ0n) is 11.0. The SMILES string of the molecule is O=C(CNC(=O)c1ccc(Cl)cc1)NC1(CO)CCC1. The second-order valence-electron chi connectivity index (χ2n) is 5.03. The Balaban J connectivity index is 1.81. The Labute approximate surface area is 122 Å². The van der Waals surface area contributed by atoms with Gasteiger partial charge in [-0.05, 0) is 43.5 Å². The Morgan fingerprint density at radius 1 is 1.25 bits per heavy atom. The van der Waals surface area contributed by atoms with Crippen LogP contribution in [0.25, 0.3) is 0 Å². The summed E-state index contributed by atoms with van der Waals surface area (Å²) in [5, 5.41) is 15.1.